The van der Waals surface area contributed by atoms with E-state index in [9.17, 15) is 4.21 Å². The van der Waals surface area contributed by atoms with Crippen molar-refractivity contribution in [2.75, 3.05) is 0 Å². The van der Waals surface area contributed by atoms with E-state index in [1.165, 1.54) is 0 Å². The maximum atomic E-state index is 9.38. The smallest absolute Gasteiger partial charge is 0.232 e. The van der Waals surface area contributed by atoms with Crippen molar-refractivity contribution in [3.05, 3.63) is 4.91 Å². The van der Waals surface area contributed by atoms with Crippen molar-refractivity contribution >= 4 is 10.9 Å². The van der Waals surface area contributed by atoms with Crippen molar-refractivity contribution in [1.29, 1.82) is 0 Å². The molecular weight excluding hydrogens is 110 g/mol. The van der Waals surface area contributed by atoms with Gasteiger partial charge in [0.25, 0.3) is 0 Å². The summed E-state index contributed by atoms with van der Waals surface area (Å²) < 4.78 is 14.1. The van der Waals surface area contributed by atoms with Gasteiger partial charge in [-0.1, -0.05) is 4.33 Å². The third-order valence-electron chi connectivity index (χ3n) is 0.137. The summed E-state index contributed by atoms with van der Waals surface area (Å²) in [7, 11) is -2.70. The van der Waals surface area contributed by atoms with Crippen molar-refractivity contribution in [1.82, 2.24) is 4.22 Å². The van der Waals surface area contributed by atoms with Crippen LogP contribution in [0.15, 0.2) is 0 Å². The van der Waals surface area contributed by atoms with Crippen LogP contribution in [0.4, 0.5) is 0 Å². The van der Waals surface area contributed by atoms with Crippen LogP contribution in [0.3, 0.4) is 0 Å². The van der Waals surface area contributed by atoms with Crippen LogP contribution < -0.4 is 4.22 Å². The normalized spacial score (nSPS) is 12.8. The zero-order chi connectivity index (χ0) is 4.99. The molecule has 1 unspecified atom stereocenters. The van der Waals surface area contributed by atoms with Crippen LogP contribution in [0.1, 0.15) is 0 Å². The molecule has 0 spiro atoms. The van der Waals surface area contributed by atoms with Gasteiger partial charge in [0.05, 0.1) is 0 Å². The van der Waals surface area contributed by atoms with Crippen LogP contribution in [0.25, 0.3) is 0 Å². The van der Waals surface area contributed by atoms with Crippen LogP contribution in [-0.2, 0) is 15.2 Å². The molecule has 0 aromatic heterocycles. The van der Waals surface area contributed by atoms with Gasteiger partial charge in [-0.15, -0.1) is 0 Å². The lowest BCUT2D eigenvalue weighted by molar-refractivity contribution is -0.122. The van der Waals surface area contributed by atoms with Gasteiger partial charge in [-0.25, -0.2) is 5.26 Å². The number of rotatable bonds is 1. The molecule has 0 heterocycles. The molecule has 0 aromatic carbocycles. The Morgan fingerprint density at radius 2 is 2.33 bits per heavy atom. The molecule has 6 heteroatoms. The van der Waals surface area contributed by atoms with E-state index in [-0.39, 0.29) is 0 Å². The molecule has 0 fully saturated rings. The third-order valence-corrected chi connectivity index (χ3v) is 0.410. The summed E-state index contributed by atoms with van der Waals surface area (Å²) in [5, 5.41) is 7.26. The first-order chi connectivity index (χ1) is 2.81. The Hall–Kier alpha value is -0.420. The highest BCUT2D eigenvalue weighted by Gasteiger charge is 1.83. The van der Waals surface area contributed by atoms with Gasteiger partial charge in [0.15, 0.2) is 4.91 Å². The second-order valence-electron chi connectivity index (χ2n) is 0.401. The number of thiol groups is 1. The topological polar surface area (TPSA) is 77.7 Å². The van der Waals surface area contributed by atoms with E-state index < -0.39 is 10.9 Å². The fourth-order valence-corrected chi connectivity index (χ4v) is 0.0447. The lowest BCUT2D eigenvalue weighted by atomic mass is 13.8. The first-order valence-electron chi connectivity index (χ1n) is 0.930. The highest BCUT2D eigenvalue weighted by Crippen LogP contribution is 1.53. The van der Waals surface area contributed by atoms with E-state index in [0.29, 0.717) is 0 Å². The van der Waals surface area contributed by atoms with Gasteiger partial charge < -0.3 is 0 Å². The van der Waals surface area contributed by atoms with Gasteiger partial charge in [-0.2, -0.15) is 4.21 Å². The molecular formula is H2NO4S+. The summed E-state index contributed by atoms with van der Waals surface area (Å²) >= 11 is 0. The number of hydrogen-bond donors (Lipinski definition) is 2. The van der Waals surface area contributed by atoms with Crippen LogP contribution in [0.2, 0.25) is 0 Å². The third kappa shape index (κ3) is 1.86. The fraction of sp³-hybridized carbons (Fsp3) is 0. The van der Waals surface area contributed by atoms with E-state index in [1.807, 2.05) is 0 Å². The molecule has 0 rings (SSSR count). The Balaban J connectivity index is 3.89. The molecule has 0 saturated heterocycles. The van der Waals surface area contributed by atoms with Gasteiger partial charge in [0.2, 0.25) is 0 Å². The van der Waals surface area contributed by atoms with Crippen molar-refractivity contribution < 1.29 is 13.8 Å². The summed E-state index contributed by atoms with van der Waals surface area (Å²) in [5.74, 6) is 0. The average molecular weight is 112 g/mol. The Bertz CT molecular complexity index is 116. The first kappa shape index (κ1) is 5.58. The van der Waals surface area contributed by atoms with Gasteiger partial charge >= 0.3 is 15.1 Å². The number of nitroso groups, excluding NO2 is 1. The molecule has 1 N–H and O–H groups in total. The van der Waals surface area contributed by atoms with Crippen molar-refractivity contribution in [2.45, 2.75) is 0 Å². The van der Waals surface area contributed by atoms with Crippen LogP contribution in [0, 0.1) is 4.91 Å². The summed E-state index contributed by atoms with van der Waals surface area (Å²) in [6.45, 7) is 0. The molecule has 6 heavy (non-hydrogen) atoms. The maximum Gasteiger partial charge on any atom is 0.469 e. The Morgan fingerprint density at radius 1 is 1.83 bits per heavy atom. The first-order valence-corrected chi connectivity index (χ1v) is 2.06. The molecule has 0 saturated carbocycles. The molecule has 0 aliphatic rings. The van der Waals surface area contributed by atoms with E-state index in [2.05, 4.69) is 4.33 Å². The molecule has 0 aromatic rings. The molecule has 0 radical (unpaired) electrons. The standard InChI is InChI=1S/HNO4S/c2-1-6(4)5-3/h6H/p+1. The predicted octanol–water partition coefficient (Wildman–Crippen LogP) is -1.11. The molecule has 0 amide bonds. The molecule has 36 valence electrons. The van der Waals surface area contributed by atoms with Gasteiger partial charge in [0.1, 0.15) is 0 Å². The van der Waals surface area contributed by atoms with Crippen LogP contribution in [-0.4, -0.2) is 9.47 Å². The monoisotopic (exact) mass is 112 g/mol. The van der Waals surface area contributed by atoms with Crippen molar-refractivity contribution in [3.8, 4) is 0 Å². The second-order valence-corrected chi connectivity index (χ2v) is 1.20. The Labute approximate surface area is 34.9 Å². The SMILES string of the molecule is O=[N+]=[SH](=O)OO. The lowest BCUT2D eigenvalue weighted by Gasteiger charge is -1.56. The highest BCUT2D eigenvalue weighted by atomic mass is 32.2. The van der Waals surface area contributed by atoms with Crippen molar-refractivity contribution in [3.63, 3.8) is 0 Å². The zero-order valence-corrected chi connectivity index (χ0v) is 3.46. The zero-order valence-electron chi connectivity index (χ0n) is 2.57. The minimum absolute atomic E-state index is 1.79. The van der Waals surface area contributed by atoms with E-state index in [0.717, 1.165) is 0 Å². The van der Waals surface area contributed by atoms with Gasteiger partial charge in [-0.3, -0.25) is 0 Å². The highest BCUT2D eigenvalue weighted by molar-refractivity contribution is 7.68. The lowest BCUT2D eigenvalue weighted by Crippen LogP contribution is -1.78. The molecule has 0 bridgehead atoms. The van der Waals surface area contributed by atoms with Gasteiger partial charge in [-0.05, 0) is 0 Å². The van der Waals surface area contributed by atoms with Crippen LogP contribution in [0.5, 0.6) is 0 Å². The Morgan fingerprint density at radius 3 is 2.33 bits per heavy atom. The number of hydrogen-bond acceptors (Lipinski definition) is 4. The van der Waals surface area contributed by atoms with E-state index in [1.54, 1.807) is 4.22 Å². The maximum absolute atomic E-state index is 9.38. The fourth-order valence-electron chi connectivity index (χ4n) is 0.0149. The van der Waals surface area contributed by atoms with E-state index in [4.69, 9.17) is 10.2 Å². The predicted molar refractivity (Wildman–Crippen MR) is 18.8 cm³/mol. The van der Waals surface area contributed by atoms with Crippen molar-refractivity contribution in [2.24, 2.45) is 0 Å². The summed E-state index contributed by atoms with van der Waals surface area (Å²) in [5.41, 5.74) is 0. The molecule has 0 aliphatic carbocycles. The largest absolute Gasteiger partial charge is 0.469 e. The minimum atomic E-state index is -2.70. The quantitative estimate of drug-likeness (QED) is 0.195. The van der Waals surface area contributed by atoms with Gasteiger partial charge in [0, 0.05) is 0 Å². The molecule has 1 atom stereocenters. The minimum Gasteiger partial charge on any atom is -0.232 e. The molecule has 0 aliphatic heterocycles. The number of nitrogens with zero attached hydrogens (tertiary/aromatic N) is 1. The average Bonchev–Trinajstić information content (AvgIpc) is 1.65. The summed E-state index contributed by atoms with van der Waals surface area (Å²) in [6.07, 6.45) is 0. The Kier molecular flexibility index (Phi) is 2.60. The van der Waals surface area contributed by atoms with Crippen LogP contribution >= 0.6 is 0 Å². The summed E-state index contributed by atoms with van der Waals surface area (Å²) in [4.78, 5) is 8.92. The second kappa shape index (κ2) is 2.80. The molecule has 5 nitrogen and oxygen atoms in total. The van der Waals surface area contributed by atoms with E-state index >= 15 is 0 Å². The summed E-state index contributed by atoms with van der Waals surface area (Å²) in [6, 6.07) is 0.